The monoisotopic (exact) mass is 404 g/mol. The van der Waals surface area contributed by atoms with E-state index in [9.17, 15) is 9.59 Å². The van der Waals surface area contributed by atoms with Crippen molar-refractivity contribution in [1.29, 1.82) is 0 Å². The molecule has 2 amide bonds. The van der Waals surface area contributed by atoms with Gasteiger partial charge in [0.15, 0.2) is 17.2 Å². The summed E-state index contributed by atoms with van der Waals surface area (Å²) >= 11 is 0. The minimum Gasteiger partial charge on any atom is -0.493 e. The van der Waals surface area contributed by atoms with Gasteiger partial charge in [-0.2, -0.15) is 0 Å². The van der Waals surface area contributed by atoms with Crippen molar-refractivity contribution in [2.45, 2.75) is 0 Å². The molecule has 0 radical (unpaired) electrons. The predicted molar refractivity (Wildman–Crippen MR) is 113 cm³/mol. The number of carbonyl (C=O) groups is 2. The summed E-state index contributed by atoms with van der Waals surface area (Å²) in [6, 6.07) is 17.1. The topological polar surface area (TPSA) is 77.1 Å². The summed E-state index contributed by atoms with van der Waals surface area (Å²) in [6.07, 6.45) is 0. The summed E-state index contributed by atoms with van der Waals surface area (Å²) in [4.78, 5) is 27.0. The molecule has 7 heteroatoms. The van der Waals surface area contributed by atoms with Crippen molar-refractivity contribution < 1.29 is 23.8 Å². The fraction of sp³-hybridized carbons (Fsp3) is 0.130. The van der Waals surface area contributed by atoms with Crippen LogP contribution in [0.1, 0.15) is 20.7 Å². The maximum absolute atomic E-state index is 12.7. The lowest BCUT2D eigenvalue weighted by Gasteiger charge is -2.17. The maximum atomic E-state index is 12.7. The maximum Gasteiger partial charge on any atom is 0.261 e. The van der Waals surface area contributed by atoms with Crippen molar-refractivity contribution in [3.05, 3.63) is 71.8 Å². The number of fused-ring (bicyclic) bond motifs is 2. The van der Waals surface area contributed by atoms with Gasteiger partial charge in [0.25, 0.3) is 11.8 Å². The highest BCUT2D eigenvalue weighted by atomic mass is 16.5. The summed E-state index contributed by atoms with van der Waals surface area (Å²) in [5, 5.41) is 2.85. The second kappa shape index (κ2) is 7.79. The zero-order valence-electron chi connectivity index (χ0n) is 16.8. The molecule has 1 aliphatic heterocycles. The Morgan fingerprint density at radius 3 is 2.47 bits per heavy atom. The molecule has 1 N–H and O–H groups in total. The normalized spacial score (nSPS) is 12.2. The molecule has 3 aromatic rings. The first-order chi connectivity index (χ1) is 14.5. The van der Waals surface area contributed by atoms with Crippen LogP contribution < -0.4 is 24.4 Å². The van der Waals surface area contributed by atoms with Crippen LogP contribution >= 0.6 is 0 Å². The van der Waals surface area contributed by atoms with Gasteiger partial charge in [0.1, 0.15) is 5.75 Å². The van der Waals surface area contributed by atoms with Crippen molar-refractivity contribution >= 4 is 23.2 Å². The molecular weight excluding hydrogens is 384 g/mol. The Morgan fingerprint density at radius 2 is 1.70 bits per heavy atom. The highest BCUT2D eigenvalue weighted by molar-refractivity contribution is 6.10. The van der Waals surface area contributed by atoms with Gasteiger partial charge in [0, 0.05) is 24.4 Å². The number of nitrogens with zero attached hydrogens (tertiary/aromatic N) is 1. The lowest BCUT2D eigenvalue weighted by Crippen LogP contribution is -2.25. The van der Waals surface area contributed by atoms with E-state index in [0.717, 1.165) is 0 Å². The molecule has 1 aliphatic rings. The molecule has 0 bridgehead atoms. The third-order valence-electron chi connectivity index (χ3n) is 4.87. The Kier molecular flexibility index (Phi) is 5.02. The number of ether oxygens (including phenoxy) is 3. The Balaban J connectivity index is 1.63. The summed E-state index contributed by atoms with van der Waals surface area (Å²) < 4.78 is 16.5. The lowest BCUT2D eigenvalue weighted by atomic mass is 10.1. The molecule has 0 atom stereocenters. The molecule has 0 saturated heterocycles. The van der Waals surface area contributed by atoms with Gasteiger partial charge in [0.05, 0.1) is 25.5 Å². The first kappa shape index (κ1) is 19.3. The molecule has 4 rings (SSSR count). The fourth-order valence-electron chi connectivity index (χ4n) is 3.27. The summed E-state index contributed by atoms with van der Waals surface area (Å²) in [5.74, 6) is 1.48. The van der Waals surface area contributed by atoms with Crippen LogP contribution in [0.15, 0.2) is 60.7 Å². The van der Waals surface area contributed by atoms with Crippen molar-refractivity contribution in [1.82, 2.24) is 0 Å². The van der Waals surface area contributed by atoms with E-state index in [1.54, 1.807) is 67.7 Å². The predicted octanol–water partition coefficient (Wildman–Crippen LogP) is 4.34. The van der Waals surface area contributed by atoms with Gasteiger partial charge in [-0.3, -0.25) is 9.59 Å². The number of para-hydroxylation sites is 1. The van der Waals surface area contributed by atoms with Gasteiger partial charge in [-0.1, -0.05) is 12.1 Å². The number of nitrogens with one attached hydrogen (secondary N) is 1. The molecule has 0 unspecified atom stereocenters. The van der Waals surface area contributed by atoms with Gasteiger partial charge in [-0.25, -0.2) is 0 Å². The van der Waals surface area contributed by atoms with Crippen molar-refractivity contribution in [2.24, 2.45) is 0 Å². The quantitative estimate of drug-likeness (QED) is 0.700. The molecular formula is C23H20N2O5. The van der Waals surface area contributed by atoms with Crippen LogP contribution in [0.5, 0.6) is 23.0 Å². The number of rotatable bonds is 4. The molecule has 7 nitrogen and oxygen atoms in total. The smallest absolute Gasteiger partial charge is 0.261 e. The van der Waals surface area contributed by atoms with Crippen LogP contribution in [0.25, 0.3) is 0 Å². The SMILES string of the molecule is COc1ccc(C(=O)Nc2ccc3c(c2)Oc2ccccc2C(=O)N3C)cc1OC. The van der Waals surface area contributed by atoms with Gasteiger partial charge < -0.3 is 24.4 Å². The first-order valence-electron chi connectivity index (χ1n) is 9.24. The molecule has 30 heavy (non-hydrogen) atoms. The number of carbonyl (C=O) groups excluding carboxylic acids is 2. The van der Waals surface area contributed by atoms with Gasteiger partial charge >= 0.3 is 0 Å². The first-order valence-corrected chi connectivity index (χ1v) is 9.24. The molecule has 0 spiro atoms. The lowest BCUT2D eigenvalue weighted by molar-refractivity contribution is 0.0991. The Labute approximate surface area is 173 Å². The van der Waals surface area contributed by atoms with E-state index in [0.29, 0.717) is 45.5 Å². The number of amides is 2. The molecule has 1 heterocycles. The van der Waals surface area contributed by atoms with Gasteiger partial charge in [0.2, 0.25) is 0 Å². The van der Waals surface area contributed by atoms with E-state index in [-0.39, 0.29) is 11.8 Å². The van der Waals surface area contributed by atoms with Crippen LogP contribution in [0.4, 0.5) is 11.4 Å². The zero-order valence-corrected chi connectivity index (χ0v) is 16.8. The zero-order chi connectivity index (χ0) is 21.3. The molecule has 0 aliphatic carbocycles. The fourth-order valence-corrected chi connectivity index (χ4v) is 3.27. The van der Waals surface area contributed by atoms with E-state index in [1.165, 1.54) is 19.1 Å². The van der Waals surface area contributed by atoms with E-state index < -0.39 is 0 Å². The second-order valence-electron chi connectivity index (χ2n) is 6.67. The van der Waals surface area contributed by atoms with Crippen LogP contribution in [-0.2, 0) is 0 Å². The van der Waals surface area contributed by atoms with Gasteiger partial charge in [-0.05, 0) is 42.5 Å². The van der Waals surface area contributed by atoms with Crippen LogP contribution in [0, 0.1) is 0 Å². The molecule has 0 aromatic heterocycles. The van der Waals surface area contributed by atoms with E-state index in [4.69, 9.17) is 14.2 Å². The number of anilines is 2. The Hall–Kier alpha value is -4.00. The molecule has 152 valence electrons. The molecule has 0 saturated carbocycles. The highest BCUT2D eigenvalue weighted by Crippen LogP contribution is 2.39. The van der Waals surface area contributed by atoms with Gasteiger partial charge in [-0.15, -0.1) is 0 Å². The van der Waals surface area contributed by atoms with Crippen LogP contribution in [0.2, 0.25) is 0 Å². The standard InChI is InChI=1S/C23H20N2O5/c1-25-17-10-9-15(13-20(17)30-18-7-5-4-6-16(18)23(25)27)24-22(26)14-8-11-19(28-2)21(12-14)29-3/h4-13H,1-3H3,(H,24,26). The largest absolute Gasteiger partial charge is 0.493 e. The summed E-state index contributed by atoms with van der Waals surface area (Å²) in [5.41, 5.74) is 2.04. The average molecular weight is 404 g/mol. The van der Waals surface area contributed by atoms with E-state index >= 15 is 0 Å². The average Bonchev–Trinajstić information content (AvgIpc) is 2.87. The van der Waals surface area contributed by atoms with Crippen molar-refractivity contribution in [3.8, 4) is 23.0 Å². The third-order valence-corrected chi connectivity index (χ3v) is 4.87. The Bertz CT molecular complexity index is 1140. The Morgan fingerprint density at radius 1 is 0.933 bits per heavy atom. The minimum atomic E-state index is -0.311. The number of benzene rings is 3. The second-order valence-corrected chi connectivity index (χ2v) is 6.67. The minimum absolute atomic E-state index is 0.161. The number of methoxy groups -OCH3 is 2. The van der Waals surface area contributed by atoms with Crippen molar-refractivity contribution in [2.75, 3.05) is 31.5 Å². The number of hydrogen-bond acceptors (Lipinski definition) is 5. The van der Waals surface area contributed by atoms with Crippen molar-refractivity contribution in [3.63, 3.8) is 0 Å². The van der Waals surface area contributed by atoms with E-state index in [1.807, 2.05) is 0 Å². The van der Waals surface area contributed by atoms with E-state index in [2.05, 4.69) is 5.32 Å². The molecule has 3 aromatic carbocycles. The highest BCUT2D eigenvalue weighted by Gasteiger charge is 2.25. The molecule has 0 fully saturated rings. The third kappa shape index (κ3) is 3.41. The van der Waals surface area contributed by atoms with Crippen LogP contribution in [-0.4, -0.2) is 33.1 Å². The summed E-state index contributed by atoms with van der Waals surface area (Å²) in [6.45, 7) is 0. The number of hydrogen-bond donors (Lipinski definition) is 1. The van der Waals surface area contributed by atoms with Crippen LogP contribution in [0.3, 0.4) is 0 Å². The summed E-state index contributed by atoms with van der Waals surface area (Å²) in [7, 11) is 4.74.